The van der Waals surface area contributed by atoms with Crippen LogP contribution in [0.25, 0.3) is 10.8 Å². The van der Waals surface area contributed by atoms with Gasteiger partial charge in [0.15, 0.2) is 0 Å². The molecular formula is C17H16BrNOS. The average Bonchev–Trinajstić information content (AvgIpc) is 2.95. The molecule has 3 aromatic rings. The minimum Gasteiger partial charge on any atom is -0.508 e. The van der Waals surface area contributed by atoms with Crippen molar-refractivity contribution in [1.29, 1.82) is 0 Å². The molecule has 0 saturated carbocycles. The molecule has 2 nitrogen and oxygen atoms in total. The molecule has 1 heterocycles. The molecule has 1 aromatic heterocycles. The Kier molecular flexibility index (Phi) is 4.29. The van der Waals surface area contributed by atoms with Crippen molar-refractivity contribution >= 4 is 38.0 Å². The van der Waals surface area contributed by atoms with Crippen molar-refractivity contribution in [3.63, 3.8) is 0 Å². The van der Waals surface area contributed by atoms with Crippen LogP contribution in [-0.2, 0) is 13.1 Å². The summed E-state index contributed by atoms with van der Waals surface area (Å²) in [5.74, 6) is 0.364. The molecule has 21 heavy (non-hydrogen) atoms. The number of fused-ring (bicyclic) bond motifs is 1. The molecule has 0 bridgehead atoms. The summed E-state index contributed by atoms with van der Waals surface area (Å²) >= 11 is 5.26. The van der Waals surface area contributed by atoms with Crippen LogP contribution in [0.2, 0.25) is 0 Å². The number of phenols is 1. The monoisotopic (exact) mass is 361 g/mol. The zero-order valence-corrected chi connectivity index (χ0v) is 14.1. The van der Waals surface area contributed by atoms with Crippen molar-refractivity contribution in [3.05, 3.63) is 62.8 Å². The topological polar surface area (TPSA) is 23.5 Å². The number of aromatic hydroxyl groups is 1. The van der Waals surface area contributed by atoms with Gasteiger partial charge in [0, 0.05) is 28.0 Å². The second-order valence-electron chi connectivity index (χ2n) is 5.18. The lowest BCUT2D eigenvalue weighted by atomic mass is 10.0. The minimum absolute atomic E-state index is 0.364. The van der Waals surface area contributed by atoms with Crippen molar-refractivity contribution < 1.29 is 5.11 Å². The molecule has 2 aromatic carbocycles. The van der Waals surface area contributed by atoms with Crippen LogP contribution in [0.3, 0.4) is 0 Å². The molecule has 0 amide bonds. The van der Waals surface area contributed by atoms with E-state index in [0.717, 1.165) is 33.9 Å². The summed E-state index contributed by atoms with van der Waals surface area (Å²) in [6, 6.07) is 14.1. The largest absolute Gasteiger partial charge is 0.508 e. The predicted octanol–water partition coefficient (Wildman–Crippen LogP) is 5.00. The summed E-state index contributed by atoms with van der Waals surface area (Å²) in [5.41, 5.74) is 0.985. The smallest absolute Gasteiger partial charge is 0.120 e. The van der Waals surface area contributed by atoms with Crippen LogP contribution in [0, 0.1) is 0 Å². The Hall–Kier alpha value is -1.36. The molecule has 4 heteroatoms. The quantitative estimate of drug-likeness (QED) is 0.706. The Bertz CT molecular complexity index is 755. The standard InChI is InChI=1S/C17H16BrNOS/c1-19(10-14-3-2-8-21-14)11-16-15-6-5-13(18)9-12(15)4-7-17(16)20/h2-9,20H,10-11H2,1H3. The molecule has 0 saturated heterocycles. The Labute approximate surface area is 136 Å². The van der Waals surface area contributed by atoms with Crippen molar-refractivity contribution in [3.8, 4) is 5.75 Å². The van der Waals surface area contributed by atoms with Crippen LogP contribution < -0.4 is 0 Å². The van der Waals surface area contributed by atoms with E-state index in [1.54, 1.807) is 17.4 Å². The van der Waals surface area contributed by atoms with Gasteiger partial charge in [0.1, 0.15) is 5.75 Å². The van der Waals surface area contributed by atoms with Gasteiger partial charge in [-0.1, -0.05) is 34.1 Å². The van der Waals surface area contributed by atoms with E-state index in [1.165, 1.54) is 4.88 Å². The average molecular weight is 362 g/mol. The van der Waals surface area contributed by atoms with E-state index >= 15 is 0 Å². The maximum Gasteiger partial charge on any atom is 0.120 e. The number of benzene rings is 2. The third kappa shape index (κ3) is 3.28. The zero-order chi connectivity index (χ0) is 14.8. The molecular weight excluding hydrogens is 346 g/mol. The molecule has 0 aliphatic rings. The second-order valence-corrected chi connectivity index (χ2v) is 7.13. The summed E-state index contributed by atoms with van der Waals surface area (Å²) < 4.78 is 1.05. The van der Waals surface area contributed by atoms with Crippen LogP contribution in [0.15, 0.2) is 52.3 Å². The second kappa shape index (κ2) is 6.18. The Morgan fingerprint density at radius 3 is 2.76 bits per heavy atom. The highest BCUT2D eigenvalue weighted by Crippen LogP contribution is 2.30. The number of halogens is 1. The van der Waals surface area contributed by atoms with Crippen LogP contribution in [0.1, 0.15) is 10.4 Å². The van der Waals surface area contributed by atoms with Gasteiger partial charge >= 0.3 is 0 Å². The normalized spacial score (nSPS) is 11.4. The Balaban J connectivity index is 1.90. The minimum atomic E-state index is 0.364. The molecule has 0 radical (unpaired) electrons. The van der Waals surface area contributed by atoms with Gasteiger partial charge in [-0.3, -0.25) is 4.90 Å². The lowest BCUT2D eigenvalue weighted by Crippen LogP contribution is -2.16. The highest BCUT2D eigenvalue weighted by Gasteiger charge is 2.10. The van der Waals surface area contributed by atoms with E-state index in [1.807, 2.05) is 12.1 Å². The first-order chi connectivity index (χ1) is 10.1. The van der Waals surface area contributed by atoms with E-state index < -0.39 is 0 Å². The number of hydrogen-bond acceptors (Lipinski definition) is 3. The van der Waals surface area contributed by atoms with Gasteiger partial charge in [-0.25, -0.2) is 0 Å². The fourth-order valence-electron chi connectivity index (χ4n) is 2.51. The SMILES string of the molecule is CN(Cc1cccs1)Cc1c(O)ccc2cc(Br)ccc12. The summed E-state index contributed by atoms with van der Waals surface area (Å²) in [5, 5.41) is 14.6. The third-order valence-electron chi connectivity index (χ3n) is 3.50. The van der Waals surface area contributed by atoms with E-state index in [4.69, 9.17) is 0 Å². The lowest BCUT2D eigenvalue weighted by Gasteiger charge is -2.18. The first-order valence-electron chi connectivity index (χ1n) is 6.74. The molecule has 3 rings (SSSR count). The maximum absolute atomic E-state index is 10.2. The predicted molar refractivity (Wildman–Crippen MR) is 92.8 cm³/mol. The van der Waals surface area contributed by atoms with Crippen molar-refractivity contribution in [2.75, 3.05) is 7.05 Å². The molecule has 0 fully saturated rings. The van der Waals surface area contributed by atoms with Gasteiger partial charge in [0.25, 0.3) is 0 Å². The number of rotatable bonds is 4. The first-order valence-corrected chi connectivity index (χ1v) is 8.42. The van der Waals surface area contributed by atoms with Gasteiger partial charge < -0.3 is 5.11 Å². The van der Waals surface area contributed by atoms with Gasteiger partial charge in [-0.15, -0.1) is 11.3 Å². The molecule has 0 aliphatic carbocycles. The summed E-state index contributed by atoms with van der Waals surface area (Å²) in [4.78, 5) is 3.56. The van der Waals surface area contributed by atoms with Gasteiger partial charge in [-0.05, 0) is 47.5 Å². The Morgan fingerprint density at radius 1 is 1.14 bits per heavy atom. The maximum atomic E-state index is 10.2. The fourth-order valence-corrected chi connectivity index (χ4v) is 3.68. The van der Waals surface area contributed by atoms with E-state index in [2.05, 4.69) is 57.5 Å². The number of hydrogen-bond donors (Lipinski definition) is 1. The van der Waals surface area contributed by atoms with E-state index in [0.29, 0.717) is 5.75 Å². The van der Waals surface area contributed by atoms with Crippen LogP contribution in [0.4, 0.5) is 0 Å². The number of nitrogens with zero attached hydrogens (tertiary/aromatic N) is 1. The van der Waals surface area contributed by atoms with Crippen molar-refractivity contribution in [2.24, 2.45) is 0 Å². The summed E-state index contributed by atoms with van der Waals surface area (Å²) in [6.07, 6.45) is 0. The summed E-state index contributed by atoms with van der Waals surface area (Å²) in [6.45, 7) is 1.62. The highest BCUT2D eigenvalue weighted by atomic mass is 79.9. The van der Waals surface area contributed by atoms with E-state index in [9.17, 15) is 5.11 Å². The molecule has 0 aliphatic heterocycles. The highest BCUT2D eigenvalue weighted by molar-refractivity contribution is 9.10. The third-order valence-corrected chi connectivity index (χ3v) is 4.86. The fraction of sp³-hybridized carbons (Fsp3) is 0.176. The lowest BCUT2D eigenvalue weighted by molar-refractivity contribution is 0.317. The van der Waals surface area contributed by atoms with Crippen LogP contribution in [-0.4, -0.2) is 17.1 Å². The van der Waals surface area contributed by atoms with Crippen LogP contribution >= 0.6 is 27.3 Å². The zero-order valence-electron chi connectivity index (χ0n) is 11.7. The van der Waals surface area contributed by atoms with Crippen molar-refractivity contribution in [1.82, 2.24) is 4.90 Å². The van der Waals surface area contributed by atoms with E-state index in [-0.39, 0.29) is 0 Å². The first kappa shape index (κ1) is 14.6. The molecule has 108 valence electrons. The molecule has 0 spiro atoms. The molecule has 1 N–H and O–H groups in total. The van der Waals surface area contributed by atoms with Gasteiger partial charge in [-0.2, -0.15) is 0 Å². The summed E-state index contributed by atoms with van der Waals surface area (Å²) in [7, 11) is 2.08. The van der Waals surface area contributed by atoms with Gasteiger partial charge in [0.05, 0.1) is 0 Å². The van der Waals surface area contributed by atoms with Crippen LogP contribution in [0.5, 0.6) is 5.75 Å². The molecule has 0 unspecified atom stereocenters. The molecule has 0 atom stereocenters. The Morgan fingerprint density at radius 2 is 2.00 bits per heavy atom. The van der Waals surface area contributed by atoms with Gasteiger partial charge in [0.2, 0.25) is 0 Å². The number of phenolic OH excluding ortho intramolecular Hbond substituents is 1. The number of thiophene rings is 1. The van der Waals surface area contributed by atoms with Crippen molar-refractivity contribution in [2.45, 2.75) is 13.1 Å².